The number of hydrogen-bond donors (Lipinski definition) is 1. The summed E-state index contributed by atoms with van der Waals surface area (Å²) in [7, 11) is 0. The number of halogens is 1. The van der Waals surface area contributed by atoms with Crippen molar-refractivity contribution in [2.24, 2.45) is 11.3 Å². The Bertz CT molecular complexity index is 467. The average molecular weight is 291 g/mol. The van der Waals surface area contributed by atoms with E-state index in [2.05, 4.69) is 32.2 Å². The van der Waals surface area contributed by atoms with E-state index in [1.807, 2.05) is 13.0 Å². The summed E-state index contributed by atoms with van der Waals surface area (Å²) in [5, 5.41) is 3.56. The summed E-state index contributed by atoms with van der Waals surface area (Å²) in [4.78, 5) is 0. The van der Waals surface area contributed by atoms with Crippen molar-refractivity contribution in [1.82, 2.24) is 5.32 Å². The Morgan fingerprint density at radius 2 is 2.10 bits per heavy atom. The van der Waals surface area contributed by atoms with Gasteiger partial charge in [-0.05, 0) is 80.1 Å². The number of benzene rings is 1. The van der Waals surface area contributed by atoms with Crippen LogP contribution < -0.4 is 5.32 Å². The first-order valence-corrected chi connectivity index (χ1v) is 8.40. The Hall–Kier alpha value is -0.890. The number of rotatable bonds is 5. The molecule has 0 aromatic heterocycles. The van der Waals surface area contributed by atoms with Gasteiger partial charge >= 0.3 is 0 Å². The van der Waals surface area contributed by atoms with Gasteiger partial charge in [-0.1, -0.05) is 32.9 Å². The molecule has 0 bridgehead atoms. The molecule has 1 N–H and O–H groups in total. The molecule has 0 heterocycles. The van der Waals surface area contributed by atoms with Gasteiger partial charge in [-0.2, -0.15) is 0 Å². The molecule has 1 fully saturated rings. The molecule has 1 nitrogen and oxygen atoms in total. The highest BCUT2D eigenvalue weighted by atomic mass is 19.1. The minimum atomic E-state index is -0.0591. The van der Waals surface area contributed by atoms with E-state index in [1.54, 1.807) is 6.07 Å². The molecule has 21 heavy (non-hydrogen) atoms. The van der Waals surface area contributed by atoms with E-state index < -0.39 is 0 Å². The fourth-order valence-corrected chi connectivity index (χ4v) is 3.58. The highest BCUT2D eigenvalue weighted by Crippen LogP contribution is 2.46. The van der Waals surface area contributed by atoms with Crippen LogP contribution in [0.3, 0.4) is 0 Å². The quantitative estimate of drug-likeness (QED) is 0.749. The molecule has 2 heteroatoms. The van der Waals surface area contributed by atoms with Gasteiger partial charge in [0.15, 0.2) is 0 Å². The highest BCUT2D eigenvalue weighted by Gasteiger charge is 2.35. The summed E-state index contributed by atoms with van der Waals surface area (Å²) in [5.41, 5.74) is 2.30. The first-order chi connectivity index (χ1) is 9.93. The SMILES string of the molecule is CCCNCC1CCC(C)(C)CC1c1ccc(C)c(F)c1. The van der Waals surface area contributed by atoms with Gasteiger partial charge in [-0.25, -0.2) is 4.39 Å². The van der Waals surface area contributed by atoms with E-state index in [9.17, 15) is 4.39 Å². The minimum absolute atomic E-state index is 0.0591. The van der Waals surface area contributed by atoms with Gasteiger partial charge in [-0.3, -0.25) is 0 Å². The van der Waals surface area contributed by atoms with Gasteiger partial charge in [0.25, 0.3) is 0 Å². The van der Waals surface area contributed by atoms with E-state index >= 15 is 0 Å². The van der Waals surface area contributed by atoms with Crippen LogP contribution in [0.1, 0.15) is 63.5 Å². The monoisotopic (exact) mass is 291 g/mol. The third-order valence-corrected chi connectivity index (χ3v) is 4.99. The molecule has 1 saturated carbocycles. The van der Waals surface area contributed by atoms with E-state index in [0.29, 0.717) is 17.3 Å². The third-order valence-electron chi connectivity index (χ3n) is 4.99. The van der Waals surface area contributed by atoms with Crippen molar-refractivity contribution in [3.63, 3.8) is 0 Å². The predicted molar refractivity (Wildman–Crippen MR) is 88.2 cm³/mol. The van der Waals surface area contributed by atoms with E-state index in [1.165, 1.54) is 24.8 Å². The van der Waals surface area contributed by atoms with Crippen molar-refractivity contribution in [2.75, 3.05) is 13.1 Å². The Balaban J connectivity index is 2.17. The van der Waals surface area contributed by atoms with Crippen molar-refractivity contribution in [1.29, 1.82) is 0 Å². The second kappa shape index (κ2) is 6.91. The lowest BCUT2D eigenvalue weighted by Gasteiger charge is -2.41. The fraction of sp³-hybridized carbons (Fsp3) is 0.684. The lowest BCUT2D eigenvalue weighted by atomic mass is 9.65. The van der Waals surface area contributed by atoms with Crippen LogP contribution in [0.5, 0.6) is 0 Å². The Kier molecular flexibility index (Phi) is 5.43. The molecular formula is C19H30FN. The van der Waals surface area contributed by atoms with Gasteiger partial charge in [0.05, 0.1) is 0 Å². The minimum Gasteiger partial charge on any atom is -0.316 e. The van der Waals surface area contributed by atoms with Crippen molar-refractivity contribution in [3.05, 3.63) is 35.1 Å². The lowest BCUT2D eigenvalue weighted by molar-refractivity contribution is 0.159. The smallest absolute Gasteiger partial charge is 0.126 e. The summed E-state index contributed by atoms with van der Waals surface area (Å²) in [6.45, 7) is 10.9. The largest absolute Gasteiger partial charge is 0.316 e. The number of nitrogens with one attached hydrogen (secondary N) is 1. The Morgan fingerprint density at radius 1 is 1.33 bits per heavy atom. The maximum Gasteiger partial charge on any atom is 0.126 e. The standard InChI is InChI=1S/C19H30FN/c1-5-10-21-13-16-8-9-19(3,4)12-17(16)15-7-6-14(2)18(20)11-15/h6-7,11,16-17,21H,5,8-10,12-13H2,1-4H3. The van der Waals surface area contributed by atoms with Crippen molar-refractivity contribution < 1.29 is 4.39 Å². The third kappa shape index (κ3) is 4.29. The summed E-state index contributed by atoms with van der Waals surface area (Å²) in [5.74, 6) is 1.05. The van der Waals surface area contributed by atoms with E-state index in [0.717, 1.165) is 25.1 Å². The molecular weight excluding hydrogens is 261 g/mol. The van der Waals surface area contributed by atoms with Gasteiger partial charge in [0, 0.05) is 0 Å². The van der Waals surface area contributed by atoms with Crippen LogP contribution in [0.25, 0.3) is 0 Å². The lowest BCUT2D eigenvalue weighted by Crippen LogP contribution is -2.35. The number of hydrogen-bond acceptors (Lipinski definition) is 1. The molecule has 0 amide bonds. The molecule has 0 radical (unpaired) electrons. The normalized spacial score (nSPS) is 25.0. The van der Waals surface area contributed by atoms with Crippen LogP contribution in [0.15, 0.2) is 18.2 Å². The van der Waals surface area contributed by atoms with Gasteiger partial charge in [-0.15, -0.1) is 0 Å². The molecule has 1 aliphatic rings. The molecule has 0 saturated heterocycles. The van der Waals surface area contributed by atoms with Gasteiger partial charge < -0.3 is 5.32 Å². The van der Waals surface area contributed by atoms with E-state index in [-0.39, 0.29) is 5.82 Å². The molecule has 0 spiro atoms. The zero-order valence-electron chi connectivity index (χ0n) is 14.0. The average Bonchev–Trinajstić information content (AvgIpc) is 2.43. The molecule has 118 valence electrons. The van der Waals surface area contributed by atoms with Gasteiger partial charge in [0.2, 0.25) is 0 Å². The zero-order valence-corrected chi connectivity index (χ0v) is 14.0. The fourth-order valence-electron chi connectivity index (χ4n) is 3.58. The van der Waals surface area contributed by atoms with Crippen LogP contribution in [-0.2, 0) is 0 Å². The van der Waals surface area contributed by atoms with Crippen LogP contribution >= 0.6 is 0 Å². The summed E-state index contributed by atoms with van der Waals surface area (Å²) in [6.07, 6.45) is 4.84. The van der Waals surface area contributed by atoms with Crippen molar-refractivity contribution in [2.45, 2.75) is 59.3 Å². The molecule has 2 atom stereocenters. The number of aryl methyl sites for hydroxylation is 1. The van der Waals surface area contributed by atoms with Crippen molar-refractivity contribution in [3.8, 4) is 0 Å². The van der Waals surface area contributed by atoms with Crippen LogP contribution in [0.4, 0.5) is 4.39 Å². The molecule has 2 rings (SSSR count). The van der Waals surface area contributed by atoms with Crippen LogP contribution in [-0.4, -0.2) is 13.1 Å². The topological polar surface area (TPSA) is 12.0 Å². The first kappa shape index (κ1) is 16.5. The maximum absolute atomic E-state index is 13.9. The maximum atomic E-state index is 13.9. The zero-order chi connectivity index (χ0) is 15.5. The Morgan fingerprint density at radius 3 is 2.76 bits per heavy atom. The highest BCUT2D eigenvalue weighted by molar-refractivity contribution is 5.27. The molecule has 0 aliphatic heterocycles. The van der Waals surface area contributed by atoms with Crippen LogP contribution in [0, 0.1) is 24.1 Å². The van der Waals surface area contributed by atoms with E-state index in [4.69, 9.17) is 0 Å². The first-order valence-electron chi connectivity index (χ1n) is 8.40. The molecule has 1 aliphatic carbocycles. The molecule has 1 aromatic rings. The molecule has 2 unspecified atom stereocenters. The summed E-state index contributed by atoms with van der Waals surface area (Å²) in [6, 6.07) is 5.84. The predicted octanol–water partition coefficient (Wildman–Crippen LogP) is 5.04. The van der Waals surface area contributed by atoms with Crippen LogP contribution in [0.2, 0.25) is 0 Å². The second-order valence-corrected chi connectivity index (χ2v) is 7.49. The summed E-state index contributed by atoms with van der Waals surface area (Å²) < 4.78 is 13.9. The second-order valence-electron chi connectivity index (χ2n) is 7.49. The summed E-state index contributed by atoms with van der Waals surface area (Å²) >= 11 is 0. The Labute approximate surface area is 129 Å². The molecule has 1 aromatic carbocycles. The van der Waals surface area contributed by atoms with Crippen molar-refractivity contribution >= 4 is 0 Å². The van der Waals surface area contributed by atoms with Gasteiger partial charge in [0.1, 0.15) is 5.82 Å².